The van der Waals surface area contributed by atoms with Gasteiger partial charge in [-0.2, -0.15) is 0 Å². The van der Waals surface area contributed by atoms with Crippen molar-refractivity contribution in [1.29, 1.82) is 0 Å². The topological polar surface area (TPSA) is 136 Å². The Balaban J connectivity index is 0.00000324. The maximum Gasteiger partial charge on any atom is 1.00 e. The van der Waals surface area contributed by atoms with Crippen LogP contribution in [0.15, 0.2) is 65.9 Å². The summed E-state index contributed by atoms with van der Waals surface area (Å²) in [4.78, 5) is 49.7. The first-order valence-electron chi connectivity index (χ1n) is 10.7. The standard InChI is InChI=1S/C25H27N3O6.Na.H/c1-25(2)12-19(29)22(23(33)27-14-21(31)32)24(34)28(25)15-20(30)26-13-16-8-10-18(11-9-16)17-6-4-3-5-7-17;;/h3-11,29H,12-15H2,1-2H3,(H,26,30)(H,27,33)(H,31,32);;/q;+1;-1. The van der Waals surface area contributed by atoms with Crippen molar-refractivity contribution in [2.75, 3.05) is 13.1 Å². The van der Waals surface area contributed by atoms with Gasteiger partial charge in [-0.3, -0.25) is 19.2 Å². The van der Waals surface area contributed by atoms with Crippen molar-refractivity contribution in [3.05, 3.63) is 71.5 Å². The number of carboxylic acids is 1. The predicted molar refractivity (Wildman–Crippen MR) is 126 cm³/mol. The average Bonchev–Trinajstić information content (AvgIpc) is 2.79. The molecule has 0 unspecified atom stereocenters. The Morgan fingerprint density at radius 3 is 2.20 bits per heavy atom. The van der Waals surface area contributed by atoms with Gasteiger partial charge >= 0.3 is 35.5 Å². The molecule has 1 aliphatic rings. The number of benzene rings is 2. The number of carbonyl (C=O) groups excluding carboxylic acids is 3. The summed E-state index contributed by atoms with van der Waals surface area (Å²) in [6, 6.07) is 17.6. The Morgan fingerprint density at radius 2 is 1.60 bits per heavy atom. The average molecular weight is 490 g/mol. The van der Waals surface area contributed by atoms with Gasteiger partial charge in [0.25, 0.3) is 11.8 Å². The first-order valence-corrected chi connectivity index (χ1v) is 10.7. The molecule has 1 heterocycles. The van der Waals surface area contributed by atoms with Gasteiger partial charge in [-0.05, 0) is 30.5 Å². The maximum absolute atomic E-state index is 12.9. The van der Waals surface area contributed by atoms with Crippen molar-refractivity contribution in [2.24, 2.45) is 0 Å². The second-order valence-corrected chi connectivity index (χ2v) is 8.62. The molecule has 3 rings (SSSR count). The van der Waals surface area contributed by atoms with E-state index in [4.69, 9.17) is 5.11 Å². The SMILES string of the molecule is CC1(C)CC(O)=C(C(=O)NCC(=O)O)C(=O)N1CC(=O)NCc1ccc(-c2ccccc2)cc1.[H-].[Na+]. The zero-order chi connectivity index (χ0) is 24.9. The van der Waals surface area contributed by atoms with Gasteiger partial charge in [-0.25, -0.2) is 0 Å². The van der Waals surface area contributed by atoms with Gasteiger partial charge in [-0.1, -0.05) is 54.6 Å². The fourth-order valence-electron chi connectivity index (χ4n) is 3.73. The van der Waals surface area contributed by atoms with Crippen LogP contribution in [0.1, 0.15) is 27.3 Å². The summed E-state index contributed by atoms with van der Waals surface area (Å²) in [5.74, 6) is -3.98. The third kappa shape index (κ3) is 7.17. The molecule has 0 spiro atoms. The van der Waals surface area contributed by atoms with Gasteiger partial charge in [0, 0.05) is 18.5 Å². The molecule has 9 nitrogen and oxygen atoms in total. The van der Waals surface area contributed by atoms with E-state index in [1.807, 2.05) is 54.6 Å². The number of nitrogens with zero attached hydrogens (tertiary/aromatic N) is 1. The van der Waals surface area contributed by atoms with E-state index in [1.54, 1.807) is 13.8 Å². The Kier molecular flexibility index (Phi) is 9.64. The molecule has 0 saturated heterocycles. The fourth-order valence-corrected chi connectivity index (χ4v) is 3.73. The van der Waals surface area contributed by atoms with E-state index >= 15 is 0 Å². The van der Waals surface area contributed by atoms with Crippen LogP contribution in [0.25, 0.3) is 11.1 Å². The Labute approximate surface area is 227 Å². The number of hydrogen-bond donors (Lipinski definition) is 4. The largest absolute Gasteiger partial charge is 1.00 e. The Morgan fingerprint density at radius 1 is 1.00 bits per heavy atom. The third-order valence-corrected chi connectivity index (χ3v) is 5.56. The molecule has 2 aromatic rings. The molecule has 0 saturated carbocycles. The smallest absolute Gasteiger partial charge is 1.00 e. The van der Waals surface area contributed by atoms with E-state index in [0.29, 0.717) is 0 Å². The van der Waals surface area contributed by atoms with Crippen molar-refractivity contribution in [2.45, 2.75) is 32.4 Å². The van der Waals surface area contributed by atoms with Crippen molar-refractivity contribution < 1.29 is 60.4 Å². The van der Waals surface area contributed by atoms with Crippen molar-refractivity contribution in [3.8, 4) is 11.1 Å². The van der Waals surface area contributed by atoms with Crippen LogP contribution < -0.4 is 40.2 Å². The molecular weight excluding hydrogens is 461 g/mol. The third-order valence-electron chi connectivity index (χ3n) is 5.56. The molecule has 10 heteroatoms. The Bertz CT molecular complexity index is 1140. The quantitative estimate of drug-likeness (QED) is 0.281. The summed E-state index contributed by atoms with van der Waals surface area (Å²) < 4.78 is 0. The molecule has 4 N–H and O–H groups in total. The molecule has 0 radical (unpaired) electrons. The minimum absolute atomic E-state index is 0. The molecule has 1 aliphatic heterocycles. The summed E-state index contributed by atoms with van der Waals surface area (Å²) in [5, 5.41) is 23.8. The first kappa shape index (κ1) is 28.1. The fraction of sp³-hybridized carbons (Fsp3) is 0.280. The molecule has 0 fully saturated rings. The summed E-state index contributed by atoms with van der Waals surface area (Å²) in [6.07, 6.45) is -0.0528. The second kappa shape index (κ2) is 12.0. The molecule has 3 amide bonds. The minimum atomic E-state index is -1.29. The number of rotatable bonds is 8. The van der Waals surface area contributed by atoms with Crippen molar-refractivity contribution in [1.82, 2.24) is 15.5 Å². The number of aliphatic hydroxyl groups is 1. The molecule has 180 valence electrons. The van der Waals surface area contributed by atoms with Gasteiger partial charge in [0.2, 0.25) is 5.91 Å². The van der Waals surface area contributed by atoms with Crippen molar-refractivity contribution >= 4 is 23.7 Å². The molecule has 35 heavy (non-hydrogen) atoms. The zero-order valence-electron chi connectivity index (χ0n) is 21.0. The van der Waals surface area contributed by atoms with Crippen LogP contribution >= 0.6 is 0 Å². The van der Waals surface area contributed by atoms with Crippen LogP contribution in [0.5, 0.6) is 0 Å². The summed E-state index contributed by atoms with van der Waals surface area (Å²) in [7, 11) is 0. The van der Waals surface area contributed by atoms with Crippen LogP contribution in [0.4, 0.5) is 0 Å². The van der Waals surface area contributed by atoms with E-state index in [1.165, 1.54) is 4.90 Å². The van der Waals surface area contributed by atoms with Gasteiger partial charge in [0.05, 0.1) is 0 Å². The maximum atomic E-state index is 12.9. The first-order chi connectivity index (χ1) is 16.1. The van der Waals surface area contributed by atoms with Gasteiger partial charge in [-0.15, -0.1) is 0 Å². The molecule has 0 aromatic heterocycles. The molecular formula is C25H28N3NaO6. The molecule has 0 aliphatic carbocycles. The van der Waals surface area contributed by atoms with E-state index in [2.05, 4.69) is 10.6 Å². The molecule has 0 atom stereocenters. The minimum Gasteiger partial charge on any atom is -1.00 e. The summed E-state index contributed by atoms with van der Waals surface area (Å²) >= 11 is 0. The second-order valence-electron chi connectivity index (χ2n) is 8.62. The number of hydrogen-bond acceptors (Lipinski definition) is 5. The van der Waals surface area contributed by atoms with Gasteiger partial charge in [0.1, 0.15) is 24.4 Å². The van der Waals surface area contributed by atoms with Crippen LogP contribution in [-0.2, 0) is 25.7 Å². The van der Waals surface area contributed by atoms with Gasteiger partial charge < -0.3 is 27.2 Å². The van der Waals surface area contributed by atoms with Crippen LogP contribution in [0, 0.1) is 0 Å². The van der Waals surface area contributed by atoms with Crippen LogP contribution in [0.2, 0.25) is 0 Å². The number of amides is 3. The van der Waals surface area contributed by atoms with E-state index < -0.39 is 47.1 Å². The van der Waals surface area contributed by atoms with Crippen LogP contribution in [0.3, 0.4) is 0 Å². The van der Waals surface area contributed by atoms with E-state index in [0.717, 1.165) is 16.7 Å². The summed E-state index contributed by atoms with van der Waals surface area (Å²) in [6.45, 7) is 2.57. The van der Waals surface area contributed by atoms with Gasteiger partial charge in [0.15, 0.2) is 0 Å². The summed E-state index contributed by atoms with van der Waals surface area (Å²) in [5.41, 5.74) is 1.54. The Hall–Kier alpha value is -3.14. The molecule has 2 aromatic carbocycles. The number of aliphatic hydroxyl groups excluding tert-OH is 1. The number of nitrogens with one attached hydrogen (secondary N) is 2. The predicted octanol–water partition coefficient (Wildman–Crippen LogP) is -0.890. The number of aliphatic carboxylic acids is 1. The normalized spacial score (nSPS) is 14.7. The van der Waals surface area contributed by atoms with E-state index in [9.17, 15) is 24.3 Å². The van der Waals surface area contributed by atoms with E-state index in [-0.39, 0.29) is 50.5 Å². The monoisotopic (exact) mass is 489 g/mol. The van der Waals surface area contributed by atoms with Crippen LogP contribution in [-0.4, -0.2) is 57.4 Å². The zero-order valence-corrected chi connectivity index (χ0v) is 22.0. The van der Waals surface area contributed by atoms with Crippen molar-refractivity contribution in [3.63, 3.8) is 0 Å². The number of carbonyl (C=O) groups is 4. The molecule has 0 bridgehead atoms. The number of carboxylic acid groups (broad SMARTS) is 1.